The largest absolute Gasteiger partial charge is 0.414 e. The Kier molecular flexibility index (Phi) is 4.78. The van der Waals surface area contributed by atoms with E-state index in [1.54, 1.807) is 12.4 Å². The van der Waals surface area contributed by atoms with Crippen LogP contribution in [0.1, 0.15) is 2.85 Å². The summed E-state index contributed by atoms with van der Waals surface area (Å²) in [5, 5.41) is 8.20. The number of hydrogen-bond donors (Lipinski definition) is 1. The first kappa shape index (κ1) is 18.2. The minimum Gasteiger partial charge on any atom is -0.414 e. The molecule has 4 heterocycles. The third-order valence-corrected chi connectivity index (χ3v) is 4.83. The van der Waals surface area contributed by atoms with Crippen LogP contribution in [0.4, 0.5) is 11.6 Å². The van der Waals surface area contributed by atoms with E-state index in [-0.39, 0.29) is 14.6 Å². The second kappa shape index (κ2) is 7.88. The predicted molar refractivity (Wildman–Crippen MR) is 116 cm³/mol. The van der Waals surface area contributed by atoms with Crippen LogP contribution in [-0.2, 0) is 4.74 Å². The van der Waals surface area contributed by atoms with Crippen LogP contribution in [0.15, 0.2) is 59.3 Å². The van der Waals surface area contributed by atoms with E-state index in [0.717, 1.165) is 30.0 Å². The van der Waals surface area contributed by atoms with Gasteiger partial charge in [0.05, 0.1) is 25.1 Å². The molecule has 1 fully saturated rings. The number of morpholine rings is 1. The van der Waals surface area contributed by atoms with Crippen LogP contribution in [0.3, 0.4) is 0 Å². The summed E-state index contributed by atoms with van der Waals surface area (Å²) in [7, 11) is 0. The van der Waals surface area contributed by atoms with Gasteiger partial charge in [0.2, 0.25) is 5.89 Å². The number of nitrogens with two attached hydrogens (primary N) is 1. The van der Waals surface area contributed by atoms with Gasteiger partial charge in [0.25, 0.3) is 5.89 Å². The fraction of sp³-hybridized carbons (Fsp3) is 0.190. The van der Waals surface area contributed by atoms with E-state index < -0.39 is 0 Å². The molecule has 4 aromatic rings. The van der Waals surface area contributed by atoms with Gasteiger partial charge in [-0.2, -0.15) is 0 Å². The summed E-state index contributed by atoms with van der Waals surface area (Å²) in [5.74, 6) is 1.75. The number of anilines is 2. The number of ether oxygens (including phenoxy) is 1. The fourth-order valence-electron chi connectivity index (χ4n) is 3.23. The Morgan fingerprint density at radius 3 is 2.43 bits per heavy atom. The van der Waals surface area contributed by atoms with Crippen LogP contribution in [0.2, 0.25) is 0 Å². The maximum atomic E-state index is 6.03. The second-order valence-corrected chi connectivity index (χ2v) is 6.77. The molecule has 1 aliphatic heterocycles. The Labute approximate surface area is 175 Å². The summed E-state index contributed by atoms with van der Waals surface area (Å²) in [4.78, 5) is 15.6. The summed E-state index contributed by atoms with van der Waals surface area (Å²) in [6.07, 6.45) is 3.39. The molecule has 30 heavy (non-hydrogen) atoms. The molecule has 9 nitrogen and oxygen atoms in total. The molecule has 0 unspecified atom stereocenters. The molecule has 0 atom stereocenters. The number of nitrogen functional groups attached to an aromatic ring is 1. The molecular weight excluding hydrogens is 382 g/mol. The molecule has 2 N–H and O–H groups in total. The van der Waals surface area contributed by atoms with E-state index in [0.29, 0.717) is 30.5 Å². The standard InChI is InChI=1S/C21H19N7O2.2H2/c22-19-18(21-27-26-20(30-21)14-4-2-1-3-5-14)25-16(13-24-19)15-6-7-17(23-12-15)28-8-10-29-11-9-28;;/h1-7,12-13H,8-11H2,(H2,22,24);2*1H. The summed E-state index contributed by atoms with van der Waals surface area (Å²) in [6.45, 7) is 3.09. The zero-order valence-corrected chi connectivity index (χ0v) is 16.1. The maximum absolute atomic E-state index is 6.03. The van der Waals surface area contributed by atoms with Gasteiger partial charge in [-0.05, 0) is 24.3 Å². The summed E-state index contributed by atoms with van der Waals surface area (Å²) >= 11 is 0. The monoisotopic (exact) mass is 405 g/mol. The summed E-state index contributed by atoms with van der Waals surface area (Å²) in [6, 6.07) is 13.5. The van der Waals surface area contributed by atoms with Crippen LogP contribution in [0, 0.1) is 0 Å². The maximum Gasteiger partial charge on any atom is 0.270 e. The molecule has 0 saturated carbocycles. The number of hydrogen-bond acceptors (Lipinski definition) is 9. The van der Waals surface area contributed by atoms with E-state index in [9.17, 15) is 0 Å². The van der Waals surface area contributed by atoms with Gasteiger partial charge in [0.15, 0.2) is 11.5 Å². The molecule has 0 aliphatic carbocycles. The van der Waals surface area contributed by atoms with Crippen LogP contribution in [-0.4, -0.2) is 51.5 Å². The van der Waals surface area contributed by atoms with Crippen LogP contribution in [0.5, 0.6) is 0 Å². The first-order valence-electron chi connectivity index (χ1n) is 9.59. The molecule has 5 rings (SSSR count). The van der Waals surface area contributed by atoms with E-state index in [1.807, 2.05) is 42.5 Å². The van der Waals surface area contributed by atoms with Crippen LogP contribution in [0.25, 0.3) is 34.3 Å². The Morgan fingerprint density at radius 2 is 1.67 bits per heavy atom. The second-order valence-electron chi connectivity index (χ2n) is 6.77. The highest BCUT2D eigenvalue weighted by molar-refractivity contribution is 5.69. The van der Waals surface area contributed by atoms with Gasteiger partial charge >= 0.3 is 0 Å². The number of aromatic nitrogens is 5. The van der Waals surface area contributed by atoms with Gasteiger partial charge in [0, 0.05) is 33.3 Å². The lowest BCUT2D eigenvalue weighted by Gasteiger charge is -2.27. The van der Waals surface area contributed by atoms with Crippen molar-refractivity contribution < 1.29 is 12.0 Å². The molecular formula is C21H23N7O2. The molecule has 1 aromatic carbocycles. The Balaban J connectivity index is 0.00000144. The zero-order valence-electron chi connectivity index (χ0n) is 16.1. The molecule has 9 heteroatoms. The topological polar surface area (TPSA) is 116 Å². The summed E-state index contributed by atoms with van der Waals surface area (Å²) in [5.41, 5.74) is 8.65. The number of nitrogens with zero attached hydrogens (tertiary/aromatic N) is 6. The van der Waals surface area contributed by atoms with Crippen molar-refractivity contribution in [1.82, 2.24) is 25.1 Å². The molecule has 0 spiro atoms. The Morgan fingerprint density at radius 1 is 0.867 bits per heavy atom. The predicted octanol–water partition coefficient (Wildman–Crippen LogP) is 3.17. The highest BCUT2D eigenvalue weighted by Crippen LogP contribution is 2.28. The average Bonchev–Trinajstić information content (AvgIpc) is 3.31. The van der Waals surface area contributed by atoms with Crippen LogP contribution >= 0.6 is 0 Å². The van der Waals surface area contributed by atoms with E-state index >= 15 is 0 Å². The highest BCUT2D eigenvalue weighted by Gasteiger charge is 2.17. The zero-order chi connectivity index (χ0) is 20.3. The highest BCUT2D eigenvalue weighted by atomic mass is 16.5. The van der Waals surface area contributed by atoms with Gasteiger partial charge in [-0.3, -0.25) is 0 Å². The Hall–Kier alpha value is -3.85. The van der Waals surface area contributed by atoms with E-state index in [1.165, 1.54) is 0 Å². The molecule has 0 bridgehead atoms. The third kappa shape index (κ3) is 3.58. The minimum atomic E-state index is 0. The first-order chi connectivity index (χ1) is 14.8. The van der Waals surface area contributed by atoms with Crippen molar-refractivity contribution >= 4 is 11.6 Å². The Bertz CT molecular complexity index is 1150. The fourth-order valence-corrected chi connectivity index (χ4v) is 3.23. The van der Waals surface area contributed by atoms with Crippen molar-refractivity contribution in [2.75, 3.05) is 36.9 Å². The summed E-state index contributed by atoms with van der Waals surface area (Å²) < 4.78 is 11.2. The van der Waals surface area contributed by atoms with Crippen LogP contribution < -0.4 is 10.6 Å². The van der Waals surface area contributed by atoms with E-state index in [4.69, 9.17) is 14.9 Å². The van der Waals surface area contributed by atoms with Crippen molar-refractivity contribution in [2.24, 2.45) is 0 Å². The van der Waals surface area contributed by atoms with Gasteiger partial charge in [0.1, 0.15) is 5.82 Å². The molecule has 1 aliphatic rings. The lowest BCUT2D eigenvalue weighted by molar-refractivity contribution is 0.122. The average molecular weight is 405 g/mol. The van der Waals surface area contributed by atoms with Crippen molar-refractivity contribution in [1.29, 1.82) is 0 Å². The molecule has 0 radical (unpaired) electrons. The molecule has 0 amide bonds. The quantitative estimate of drug-likeness (QED) is 0.546. The number of rotatable bonds is 4. The van der Waals surface area contributed by atoms with E-state index in [2.05, 4.69) is 30.0 Å². The normalized spacial score (nSPS) is 14.1. The van der Waals surface area contributed by atoms with Gasteiger partial charge in [-0.25, -0.2) is 15.0 Å². The molecule has 154 valence electrons. The minimum absolute atomic E-state index is 0. The lowest BCUT2D eigenvalue weighted by atomic mass is 10.2. The number of benzene rings is 1. The van der Waals surface area contributed by atoms with Gasteiger partial charge in [-0.1, -0.05) is 18.2 Å². The SMILES string of the molecule is Nc1ncc(-c2ccc(N3CCOCC3)nc2)nc1-c1nnc(-c2ccccc2)o1.[HH].[HH]. The molecule has 1 saturated heterocycles. The lowest BCUT2D eigenvalue weighted by Crippen LogP contribution is -2.36. The number of pyridine rings is 1. The first-order valence-corrected chi connectivity index (χ1v) is 9.59. The third-order valence-electron chi connectivity index (χ3n) is 4.83. The van der Waals surface area contributed by atoms with Gasteiger partial charge < -0.3 is 19.8 Å². The van der Waals surface area contributed by atoms with Gasteiger partial charge in [-0.15, -0.1) is 10.2 Å². The van der Waals surface area contributed by atoms with Crippen molar-refractivity contribution in [3.63, 3.8) is 0 Å². The molecule has 3 aromatic heterocycles. The van der Waals surface area contributed by atoms with Crippen molar-refractivity contribution in [3.8, 4) is 34.3 Å². The van der Waals surface area contributed by atoms with Crippen molar-refractivity contribution in [3.05, 3.63) is 54.9 Å². The smallest absolute Gasteiger partial charge is 0.270 e. The van der Waals surface area contributed by atoms with Crippen molar-refractivity contribution in [2.45, 2.75) is 0 Å².